The van der Waals surface area contributed by atoms with Gasteiger partial charge in [0.2, 0.25) is 11.8 Å². The van der Waals surface area contributed by atoms with Gasteiger partial charge in [0.05, 0.1) is 13.1 Å². The summed E-state index contributed by atoms with van der Waals surface area (Å²) in [5, 5.41) is 3.06. The van der Waals surface area contributed by atoms with Crippen molar-refractivity contribution in [2.45, 2.75) is 6.54 Å². The fourth-order valence-corrected chi connectivity index (χ4v) is 1.59. The number of benzene rings is 1. The van der Waals surface area contributed by atoms with E-state index in [4.69, 9.17) is 17.3 Å². The number of hydrogen-bond acceptors (Lipinski definition) is 3. The van der Waals surface area contributed by atoms with E-state index >= 15 is 0 Å². The Morgan fingerprint density at radius 3 is 2.78 bits per heavy atom. The summed E-state index contributed by atoms with van der Waals surface area (Å²) in [6.45, 7) is 0.274. The highest BCUT2D eigenvalue weighted by Crippen LogP contribution is 2.11. The Morgan fingerprint density at radius 2 is 2.17 bits per heavy atom. The number of carbonyl (C=O) groups excluding carboxylic acids is 2. The molecule has 98 valence electrons. The zero-order valence-corrected chi connectivity index (χ0v) is 10.9. The first kappa shape index (κ1) is 14.5. The molecule has 0 saturated heterocycles. The van der Waals surface area contributed by atoms with Crippen molar-refractivity contribution < 1.29 is 9.59 Å². The predicted molar refractivity (Wildman–Crippen MR) is 70.0 cm³/mol. The molecule has 6 heteroatoms. The van der Waals surface area contributed by atoms with Crippen LogP contribution in [0.1, 0.15) is 5.56 Å². The largest absolute Gasteiger partial charge is 0.346 e. The van der Waals surface area contributed by atoms with Crippen LogP contribution in [0.3, 0.4) is 0 Å². The molecule has 1 aromatic rings. The number of nitrogens with zero attached hydrogens (tertiary/aromatic N) is 1. The van der Waals surface area contributed by atoms with Crippen LogP contribution in [0.25, 0.3) is 0 Å². The molecule has 0 atom stereocenters. The van der Waals surface area contributed by atoms with E-state index in [2.05, 4.69) is 5.32 Å². The topological polar surface area (TPSA) is 75.4 Å². The minimum absolute atomic E-state index is 0.0485. The molecule has 5 nitrogen and oxygen atoms in total. The summed E-state index contributed by atoms with van der Waals surface area (Å²) in [7, 11) is 1.66. The molecule has 0 saturated carbocycles. The molecule has 0 aliphatic rings. The molecule has 0 fully saturated rings. The van der Waals surface area contributed by atoms with Crippen molar-refractivity contribution in [2.75, 3.05) is 20.1 Å². The van der Waals surface area contributed by atoms with Crippen LogP contribution in [0.2, 0.25) is 5.02 Å². The van der Waals surface area contributed by atoms with Crippen molar-refractivity contribution in [1.29, 1.82) is 0 Å². The van der Waals surface area contributed by atoms with E-state index in [1.165, 1.54) is 4.90 Å². The summed E-state index contributed by atoms with van der Waals surface area (Å²) in [5.41, 5.74) is 6.06. The summed E-state index contributed by atoms with van der Waals surface area (Å²) in [6, 6.07) is 7.28. The van der Waals surface area contributed by atoms with Crippen LogP contribution in [-0.4, -0.2) is 36.9 Å². The number of nitrogens with one attached hydrogen (secondary N) is 1. The second-order valence-electron chi connectivity index (χ2n) is 3.86. The molecule has 18 heavy (non-hydrogen) atoms. The van der Waals surface area contributed by atoms with Gasteiger partial charge in [0.15, 0.2) is 0 Å². The lowest BCUT2D eigenvalue weighted by atomic mass is 10.2. The first-order valence-electron chi connectivity index (χ1n) is 5.48. The summed E-state index contributed by atoms with van der Waals surface area (Å²) in [5.74, 6) is -0.531. The minimum Gasteiger partial charge on any atom is -0.346 e. The molecule has 0 spiro atoms. The molecule has 2 amide bonds. The van der Waals surface area contributed by atoms with Crippen molar-refractivity contribution in [3.8, 4) is 0 Å². The smallest absolute Gasteiger partial charge is 0.242 e. The Labute approximate surface area is 111 Å². The highest BCUT2D eigenvalue weighted by atomic mass is 35.5. The van der Waals surface area contributed by atoms with Gasteiger partial charge in [-0.2, -0.15) is 0 Å². The molecule has 1 rings (SSSR count). The maximum Gasteiger partial charge on any atom is 0.242 e. The molecule has 3 N–H and O–H groups in total. The van der Waals surface area contributed by atoms with Crippen molar-refractivity contribution >= 4 is 23.4 Å². The third kappa shape index (κ3) is 4.73. The van der Waals surface area contributed by atoms with Crippen LogP contribution in [0.4, 0.5) is 0 Å². The standard InChI is InChI=1S/C12H16ClN3O2/c1-16(12(18)7-15-11(17)6-14)8-9-3-2-4-10(13)5-9/h2-5H,6-8,14H2,1H3,(H,15,17). The van der Waals surface area contributed by atoms with E-state index in [-0.39, 0.29) is 24.9 Å². The van der Waals surface area contributed by atoms with Gasteiger partial charge in [-0.05, 0) is 17.7 Å². The van der Waals surface area contributed by atoms with Gasteiger partial charge in [0, 0.05) is 18.6 Å². The molecule has 0 radical (unpaired) electrons. The lowest BCUT2D eigenvalue weighted by molar-refractivity contribution is -0.131. The van der Waals surface area contributed by atoms with Crippen LogP contribution >= 0.6 is 11.6 Å². The Bertz CT molecular complexity index is 437. The second-order valence-corrected chi connectivity index (χ2v) is 4.30. The third-order valence-electron chi connectivity index (χ3n) is 2.36. The van der Waals surface area contributed by atoms with Crippen molar-refractivity contribution in [1.82, 2.24) is 10.2 Å². The highest BCUT2D eigenvalue weighted by molar-refractivity contribution is 6.30. The van der Waals surface area contributed by atoms with Crippen LogP contribution in [0, 0.1) is 0 Å². The fourth-order valence-electron chi connectivity index (χ4n) is 1.38. The highest BCUT2D eigenvalue weighted by Gasteiger charge is 2.10. The van der Waals surface area contributed by atoms with E-state index in [9.17, 15) is 9.59 Å². The van der Waals surface area contributed by atoms with E-state index < -0.39 is 0 Å². The van der Waals surface area contributed by atoms with Gasteiger partial charge in [0.25, 0.3) is 0 Å². The van der Waals surface area contributed by atoms with Gasteiger partial charge in [-0.3, -0.25) is 9.59 Å². The number of amides is 2. The van der Waals surface area contributed by atoms with Crippen LogP contribution in [0.15, 0.2) is 24.3 Å². The minimum atomic E-state index is -0.348. The molecule has 0 unspecified atom stereocenters. The Morgan fingerprint density at radius 1 is 1.44 bits per heavy atom. The monoisotopic (exact) mass is 269 g/mol. The summed E-state index contributed by atoms with van der Waals surface area (Å²) < 4.78 is 0. The van der Waals surface area contributed by atoms with E-state index in [0.717, 1.165) is 5.56 Å². The van der Waals surface area contributed by atoms with Gasteiger partial charge < -0.3 is 16.0 Å². The molecule has 1 aromatic carbocycles. The van der Waals surface area contributed by atoms with E-state index in [0.29, 0.717) is 11.6 Å². The van der Waals surface area contributed by atoms with Crippen LogP contribution in [0.5, 0.6) is 0 Å². The molecular weight excluding hydrogens is 254 g/mol. The zero-order valence-electron chi connectivity index (χ0n) is 10.1. The van der Waals surface area contributed by atoms with Gasteiger partial charge in [-0.1, -0.05) is 23.7 Å². The predicted octanol–water partition coefficient (Wildman–Crippen LogP) is 0.373. The quantitative estimate of drug-likeness (QED) is 0.811. The summed E-state index contributed by atoms with van der Waals surface area (Å²) >= 11 is 5.86. The maximum absolute atomic E-state index is 11.7. The van der Waals surface area contributed by atoms with E-state index in [1.54, 1.807) is 19.2 Å². The van der Waals surface area contributed by atoms with Crippen LogP contribution in [-0.2, 0) is 16.1 Å². The number of hydrogen-bond donors (Lipinski definition) is 2. The number of rotatable bonds is 5. The first-order valence-corrected chi connectivity index (χ1v) is 5.86. The van der Waals surface area contributed by atoms with Crippen LogP contribution < -0.4 is 11.1 Å². The Balaban J connectivity index is 2.47. The lowest BCUT2D eigenvalue weighted by Crippen LogP contribution is -2.40. The summed E-state index contributed by atoms with van der Waals surface area (Å²) in [4.78, 5) is 24.1. The van der Waals surface area contributed by atoms with Gasteiger partial charge >= 0.3 is 0 Å². The fraction of sp³-hybridized carbons (Fsp3) is 0.333. The van der Waals surface area contributed by atoms with Gasteiger partial charge in [-0.15, -0.1) is 0 Å². The lowest BCUT2D eigenvalue weighted by Gasteiger charge is -2.17. The van der Waals surface area contributed by atoms with Crippen molar-refractivity contribution in [3.63, 3.8) is 0 Å². The number of likely N-dealkylation sites (N-methyl/N-ethyl adjacent to an activating group) is 1. The third-order valence-corrected chi connectivity index (χ3v) is 2.59. The number of carbonyl (C=O) groups is 2. The van der Waals surface area contributed by atoms with E-state index in [1.807, 2.05) is 12.1 Å². The second kappa shape index (κ2) is 6.98. The average molecular weight is 270 g/mol. The zero-order chi connectivity index (χ0) is 13.5. The molecule has 0 aromatic heterocycles. The number of halogens is 1. The first-order chi connectivity index (χ1) is 8.52. The number of nitrogens with two attached hydrogens (primary N) is 1. The normalized spacial score (nSPS) is 9.94. The molecule has 0 aliphatic carbocycles. The maximum atomic E-state index is 11.7. The van der Waals surface area contributed by atoms with Crippen molar-refractivity contribution in [2.24, 2.45) is 5.73 Å². The Hall–Kier alpha value is -1.59. The summed E-state index contributed by atoms with van der Waals surface area (Å²) in [6.07, 6.45) is 0. The molecule has 0 heterocycles. The average Bonchev–Trinajstić information content (AvgIpc) is 2.35. The van der Waals surface area contributed by atoms with Gasteiger partial charge in [0.1, 0.15) is 0 Å². The molecule has 0 aliphatic heterocycles. The molecule has 0 bridgehead atoms. The Kier molecular flexibility index (Phi) is 5.61. The molecular formula is C12H16ClN3O2. The van der Waals surface area contributed by atoms with Gasteiger partial charge in [-0.25, -0.2) is 0 Å². The SMILES string of the molecule is CN(Cc1cccc(Cl)c1)C(=O)CNC(=O)CN. The van der Waals surface area contributed by atoms with Crippen molar-refractivity contribution in [3.05, 3.63) is 34.9 Å².